The predicted molar refractivity (Wildman–Crippen MR) is 169 cm³/mol. The van der Waals surface area contributed by atoms with Crippen LogP contribution in [0.15, 0.2) is 103 Å². The molecule has 0 aliphatic heterocycles. The minimum atomic E-state index is -1.30. The van der Waals surface area contributed by atoms with Crippen LogP contribution in [-0.4, -0.2) is 18.0 Å². The molecule has 5 rings (SSSR count). The number of aryl methyl sites for hydroxylation is 1. The second kappa shape index (κ2) is 14.5. The van der Waals surface area contributed by atoms with Crippen molar-refractivity contribution < 1.29 is 21.5 Å². The summed E-state index contributed by atoms with van der Waals surface area (Å²) in [5, 5.41) is 1.48. The van der Waals surface area contributed by atoms with Gasteiger partial charge in [-0.15, -0.1) is 71.8 Å². The SMILES string of the molecule is CCc1cc(-c2[c-]cccc2)ncc1[Si](C)(C)C.[2H]C(C)(C)c1cnc(-c2[c-]cccc2)cc1-c1ccccc1.[Ir]. The fourth-order valence-corrected chi connectivity index (χ4v) is 6.24. The second-order valence-corrected chi connectivity index (χ2v) is 15.9. The van der Waals surface area contributed by atoms with E-state index in [1.807, 2.05) is 80.7 Å². The van der Waals surface area contributed by atoms with Crippen molar-refractivity contribution in [2.24, 2.45) is 0 Å². The fourth-order valence-electron chi connectivity index (χ4n) is 4.58. The Morgan fingerprint density at radius 2 is 1.32 bits per heavy atom. The van der Waals surface area contributed by atoms with Crippen LogP contribution in [0.3, 0.4) is 0 Å². The first kappa shape index (κ1) is 29.8. The summed E-state index contributed by atoms with van der Waals surface area (Å²) in [5.74, 6) is -0.697. The third-order valence-corrected chi connectivity index (χ3v) is 8.74. The first-order valence-corrected chi connectivity index (χ1v) is 17.1. The second-order valence-electron chi connectivity index (χ2n) is 10.9. The molecule has 1 radical (unpaired) electrons. The van der Waals surface area contributed by atoms with Crippen LogP contribution in [0.4, 0.5) is 0 Å². The first-order chi connectivity index (χ1) is 19.1. The third kappa shape index (κ3) is 7.94. The van der Waals surface area contributed by atoms with Crippen molar-refractivity contribution >= 4 is 13.3 Å². The number of pyridine rings is 2. The van der Waals surface area contributed by atoms with E-state index in [0.29, 0.717) is 0 Å². The van der Waals surface area contributed by atoms with Crippen molar-refractivity contribution in [3.63, 3.8) is 0 Å². The van der Waals surface area contributed by atoms with Crippen molar-refractivity contribution in [1.82, 2.24) is 9.97 Å². The maximum Gasteiger partial charge on any atom is 0.0798 e. The molecule has 2 heterocycles. The number of nitrogens with zero attached hydrogens (tertiary/aromatic N) is 2. The van der Waals surface area contributed by atoms with Crippen LogP contribution in [0, 0.1) is 12.1 Å². The van der Waals surface area contributed by atoms with Gasteiger partial charge in [-0.3, -0.25) is 0 Å². The minimum Gasteiger partial charge on any atom is -0.305 e. The molecular formula is C36H38IrN2Si-2. The Hall–Kier alpha value is -3.17. The monoisotopic (exact) mass is 720 g/mol. The van der Waals surface area contributed by atoms with Gasteiger partial charge in [-0.1, -0.05) is 88.4 Å². The van der Waals surface area contributed by atoms with E-state index in [1.54, 1.807) is 0 Å². The zero-order chi connectivity index (χ0) is 28.8. The molecule has 0 aliphatic carbocycles. The fraction of sp³-hybridized carbons (Fsp3) is 0.222. The van der Waals surface area contributed by atoms with Gasteiger partial charge in [0.25, 0.3) is 0 Å². The Morgan fingerprint density at radius 1 is 0.775 bits per heavy atom. The van der Waals surface area contributed by atoms with Gasteiger partial charge in [-0.05, 0) is 45.6 Å². The molecule has 0 aliphatic rings. The van der Waals surface area contributed by atoms with E-state index in [2.05, 4.69) is 85.2 Å². The van der Waals surface area contributed by atoms with Gasteiger partial charge in [0.2, 0.25) is 0 Å². The average Bonchev–Trinajstić information content (AvgIpc) is 2.97. The zero-order valence-electron chi connectivity index (χ0n) is 25.2. The molecule has 0 N–H and O–H groups in total. The van der Waals surface area contributed by atoms with Crippen LogP contribution in [0.5, 0.6) is 0 Å². The summed E-state index contributed by atoms with van der Waals surface area (Å²) in [5.41, 5.74) is 8.50. The Morgan fingerprint density at radius 3 is 1.82 bits per heavy atom. The smallest absolute Gasteiger partial charge is 0.0798 e. The molecule has 0 unspecified atom stereocenters. The number of rotatable bonds is 6. The average molecular weight is 720 g/mol. The van der Waals surface area contributed by atoms with E-state index in [1.165, 1.54) is 10.8 Å². The van der Waals surface area contributed by atoms with Crippen LogP contribution in [0.2, 0.25) is 19.6 Å². The van der Waals surface area contributed by atoms with Crippen molar-refractivity contribution in [1.29, 1.82) is 0 Å². The molecule has 3 aromatic carbocycles. The largest absolute Gasteiger partial charge is 0.305 e. The van der Waals surface area contributed by atoms with Crippen LogP contribution in [0.1, 0.15) is 39.2 Å². The predicted octanol–water partition coefficient (Wildman–Crippen LogP) is 8.99. The molecule has 5 aromatic rings. The van der Waals surface area contributed by atoms with Gasteiger partial charge < -0.3 is 9.97 Å². The molecule has 0 bridgehead atoms. The third-order valence-electron chi connectivity index (χ3n) is 6.68. The standard InChI is InChI=1S/C20H18N.C16H20NSi.Ir/c1-15(2)19-14-21-20(17-11-7-4-8-12-17)13-18(19)16-9-5-3-6-10-16;1-5-13-11-15(14-9-7-6-8-10-14)17-12-16(13)18(2,3)4;/h3-11,13-15H,1-2H3;6-9,11-12H,5H2,1-4H3;/q2*-1;/i15D;;. The summed E-state index contributed by atoms with van der Waals surface area (Å²) < 4.78 is 8.39. The van der Waals surface area contributed by atoms with Crippen molar-refractivity contribution in [3.05, 3.63) is 127 Å². The normalized spacial score (nSPS) is 11.5. The van der Waals surface area contributed by atoms with Crippen molar-refractivity contribution in [3.8, 4) is 33.6 Å². The van der Waals surface area contributed by atoms with E-state index < -0.39 is 14.0 Å². The minimum absolute atomic E-state index is 0. The molecule has 0 saturated heterocycles. The maximum absolute atomic E-state index is 8.39. The van der Waals surface area contributed by atoms with E-state index in [9.17, 15) is 0 Å². The van der Waals surface area contributed by atoms with E-state index in [-0.39, 0.29) is 20.1 Å². The van der Waals surface area contributed by atoms with E-state index in [4.69, 9.17) is 1.37 Å². The number of aromatic nitrogens is 2. The van der Waals surface area contributed by atoms with E-state index >= 15 is 0 Å². The Bertz CT molecular complexity index is 1530. The summed E-state index contributed by atoms with van der Waals surface area (Å²) in [4.78, 5) is 9.18. The molecule has 0 spiro atoms. The van der Waals surface area contributed by atoms with Crippen LogP contribution in [-0.2, 0) is 26.5 Å². The molecule has 4 heteroatoms. The Kier molecular flexibility index (Phi) is 10.8. The first-order valence-electron chi connectivity index (χ1n) is 14.1. The molecular weight excluding hydrogens is 681 g/mol. The van der Waals surface area contributed by atoms with Crippen molar-refractivity contribution in [2.45, 2.75) is 52.7 Å². The summed E-state index contributed by atoms with van der Waals surface area (Å²) >= 11 is 0. The summed E-state index contributed by atoms with van der Waals surface area (Å²) in [6, 6.07) is 36.8. The van der Waals surface area contributed by atoms with E-state index in [0.717, 1.165) is 45.6 Å². The van der Waals surface area contributed by atoms with Gasteiger partial charge in [0.15, 0.2) is 0 Å². The molecule has 0 fully saturated rings. The van der Waals surface area contributed by atoms with Crippen LogP contribution < -0.4 is 5.19 Å². The van der Waals surface area contributed by atoms with Gasteiger partial charge in [-0.25, -0.2) is 0 Å². The summed E-state index contributed by atoms with van der Waals surface area (Å²) in [7, 11) is -1.30. The van der Waals surface area contributed by atoms with Gasteiger partial charge in [-0.2, -0.15) is 0 Å². The topological polar surface area (TPSA) is 25.8 Å². The Labute approximate surface area is 256 Å². The molecule has 2 aromatic heterocycles. The number of hydrogen-bond donors (Lipinski definition) is 0. The molecule has 2 nitrogen and oxygen atoms in total. The van der Waals surface area contributed by atoms with Crippen LogP contribution >= 0.6 is 0 Å². The molecule has 40 heavy (non-hydrogen) atoms. The quantitative estimate of drug-likeness (QED) is 0.129. The molecule has 207 valence electrons. The summed E-state index contributed by atoms with van der Waals surface area (Å²) in [6.45, 7) is 13.1. The van der Waals surface area contributed by atoms with Gasteiger partial charge in [0.1, 0.15) is 0 Å². The van der Waals surface area contributed by atoms with Gasteiger partial charge >= 0.3 is 0 Å². The number of hydrogen-bond acceptors (Lipinski definition) is 2. The molecule has 0 atom stereocenters. The number of benzene rings is 3. The molecule has 0 amide bonds. The van der Waals surface area contributed by atoms with Gasteiger partial charge in [0.05, 0.1) is 8.07 Å². The van der Waals surface area contributed by atoms with Crippen LogP contribution in [0.25, 0.3) is 33.6 Å². The van der Waals surface area contributed by atoms with Crippen molar-refractivity contribution in [2.75, 3.05) is 0 Å². The Balaban J connectivity index is 0.000000225. The molecule has 0 saturated carbocycles. The zero-order valence-corrected chi connectivity index (χ0v) is 27.6. The maximum atomic E-state index is 8.39. The van der Waals surface area contributed by atoms with Gasteiger partial charge in [0, 0.05) is 33.9 Å². The summed E-state index contributed by atoms with van der Waals surface area (Å²) in [6.07, 6.45) is 4.98.